The fourth-order valence-corrected chi connectivity index (χ4v) is 4.32. The molecule has 0 bridgehead atoms. The number of nitrogens with one attached hydrogen (secondary N) is 1. The number of pyridine rings is 2. The number of hydrogen-bond donors (Lipinski definition) is 1. The van der Waals surface area contributed by atoms with Gasteiger partial charge in [-0.1, -0.05) is 0 Å². The van der Waals surface area contributed by atoms with Crippen molar-refractivity contribution in [3.63, 3.8) is 0 Å². The van der Waals surface area contributed by atoms with Crippen molar-refractivity contribution in [3.8, 4) is 17.5 Å². The van der Waals surface area contributed by atoms with Gasteiger partial charge in [0.2, 0.25) is 0 Å². The average molecular weight is 413 g/mol. The summed E-state index contributed by atoms with van der Waals surface area (Å²) < 4.78 is 0. The third kappa shape index (κ3) is 4.05. The van der Waals surface area contributed by atoms with Crippen molar-refractivity contribution in [2.45, 2.75) is 12.8 Å². The molecule has 2 aliphatic heterocycles. The molecule has 3 aromatic rings. The van der Waals surface area contributed by atoms with E-state index in [4.69, 9.17) is 15.2 Å². The Hall–Kier alpha value is -3.57. The molecule has 1 spiro atoms. The van der Waals surface area contributed by atoms with Crippen LogP contribution in [-0.4, -0.2) is 58.1 Å². The molecule has 0 amide bonds. The van der Waals surface area contributed by atoms with Gasteiger partial charge in [0, 0.05) is 48.7 Å². The van der Waals surface area contributed by atoms with Crippen LogP contribution in [-0.2, 0) is 0 Å². The van der Waals surface area contributed by atoms with E-state index in [-0.39, 0.29) is 0 Å². The number of anilines is 3. The summed E-state index contributed by atoms with van der Waals surface area (Å²) in [5, 5.41) is 12.4. The minimum atomic E-state index is 0.405. The number of nitriles is 1. The van der Waals surface area contributed by atoms with Crippen molar-refractivity contribution in [1.82, 2.24) is 24.8 Å². The van der Waals surface area contributed by atoms with Gasteiger partial charge in [-0.25, -0.2) is 15.0 Å². The van der Waals surface area contributed by atoms with Crippen LogP contribution in [0.4, 0.5) is 17.5 Å². The van der Waals surface area contributed by atoms with Crippen molar-refractivity contribution in [2.75, 3.05) is 43.4 Å². The van der Waals surface area contributed by atoms with E-state index in [1.54, 1.807) is 30.7 Å². The molecule has 156 valence electrons. The first-order chi connectivity index (χ1) is 15.1. The number of aromatic nitrogens is 4. The third-order valence-corrected chi connectivity index (χ3v) is 6.20. The average Bonchev–Trinajstić information content (AvgIpc) is 2.79. The molecule has 0 radical (unpaired) electrons. The number of nitrogens with zero attached hydrogens (tertiary/aromatic N) is 7. The third-order valence-electron chi connectivity index (χ3n) is 6.20. The zero-order chi connectivity index (χ0) is 21.3. The molecule has 0 unspecified atom stereocenters. The SMILES string of the molecule is CN1CCC2(CC1)CN(c1cc(Nc3cc(C#N)ccn3)nc(-c3cccnc3)n1)C2. The van der Waals surface area contributed by atoms with E-state index in [0.717, 1.165) is 37.6 Å². The fraction of sp³-hybridized carbons (Fsp3) is 0.348. The lowest BCUT2D eigenvalue weighted by Crippen LogP contribution is -2.60. The molecule has 3 aromatic heterocycles. The lowest BCUT2D eigenvalue weighted by Gasteiger charge is -2.54. The zero-order valence-electron chi connectivity index (χ0n) is 17.5. The molecule has 8 nitrogen and oxygen atoms in total. The maximum atomic E-state index is 9.17. The highest BCUT2D eigenvalue weighted by atomic mass is 15.3. The summed E-state index contributed by atoms with van der Waals surface area (Å²) in [6.45, 7) is 4.36. The van der Waals surface area contributed by atoms with Crippen LogP contribution in [0.5, 0.6) is 0 Å². The van der Waals surface area contributed by atoms with Gasteiger partial charge >= 0.3 is 0 Å². The summed E-state index contributed by atoms with van der Waals surface area (Å²) in [6, 6.07) is 11.3. The Morgan fingerprint density at radius 2 is 1.90 bits per heavy atom. The van der Waals surface area contributed by atoms with Crippen molar-refractivity contribution < 1.29 is 0 Å². The van der Waals surface area contributed by atoms with Gasteiger partial charge in [-0.3, -0.25) is 4.98 Å². The lowest BCUT2D eigenvalue weighted by molar-refractivity contribution is 0.0901. The summed E-state index contributed by atoms with van der Waals surface area (Å²) in [4.78, 5) is 22.8. The Morgan fingerprint density at radius 1 is 1.06 bits per heavy atom. The molecule has 0 saturated carbocycles. The molecule has 5 heterocycles. The van der Waals surface area contributed by atoms with Crippen molar-refractivity contribution in [2.24, 2.45) is 5.41 Å². The lowest BCUT2D eigenvalue weighted by atomic mass is 9.72. The van der Waals surface area contributed by atoms with Crippen LogP contribution < -0.4 is 10.2 Å². The normalized spacial score (nSPS) is 17.7. The first kappa shape index (κ1) is 19.4. The Kier molecular flexibility index (Phi) is 4.96. The summed E-state index contributed by atoms with van der Waals surface area (Å²) in [5.41, 5.74) is 1.81. The van der Waals surface area contributed by atoms with Crippen molar-refractivity contribution >= 4 is 17.5 Å². The van der Waals surface area contributed by atoms with Crippen molar-refractivity contribution in [1.29, 1.82) is 5.26 Å². The summed E-state index contributed by atoms with van der Waals surface area (Å²) >= 11 is 0. The van der Waals surface area contributed by atoms with Crippen LogP contribution in [0.15, 0.2) is 48.9 Å². The van der Waals surface area contributed by atoms with E-state index in [1.165, 1.54) is 12.8 Å². The molecule has 2 fully saturated rings. The number of hydrogen-bond acceptors (Lipinski definition) is 8. The van der Waals surface area contributed by atoms with Crippen LogP contribution in [0.25, 0.3) is 11.4 Å². The van der Waals surface area contributed by atoms with Crippen LogP contribution in [0, 0.1) is 16.7 Å². The van der Waals surface area contributed by atoms with E-state index in [2.05, 4.69) is 38.2 Å². The molecule has 31 heavy (non-hydrogen) atoms. The number of rotatable bonds is 4. The van der Waals surface area contributed by atoms with E-state index < -0.39 is 0 Å². The summed E-state index contributed by atoms with van der Waals surface area (Å²) in [6.07, 6.45) is 7.59. The van der Waals surface area contributed by atoms with Gasteiger partial charge in [-0.15, -0.1) is 0 Å². The summed E-state index contributed by atoms with van der Waals surface area (Å²) in [5.74, 6) is 2.75. The largest absolute Gasteiger partial charge is 0.355 e. The molecular formula is C23H24N8. The van der Waals surface area contributed by atoms with Gasteiger partial charge in [0.1, 0.15) is 17.5 Å². The van der Waals surface area contributed by atoms with Crippen LogP contribution in [0.3, 0.4) is 0 Å². The van der Waals surface area contributed by atoms with E-state index in [0.29, 0.717) is 28.4 Å². The van der Waals surface area contributed by atoms with Gasteiger partial charge in [-0.2, -0.15) is 5.26 Å². The Bertz CT molecular complexity index is 1110. The monoisotopic (exact) mass is 412 g/mol. The van der Waals surface area contributed by atoms with Gasteiger partial charge in [-0.05, 0) is 57.2 Å². The quantitative estimate of drug-likeness (QED) is 0.699. The Morgan fingerprint density at radius 3 is 2.65 bits per heavy atom. The highest BCUT2D eigenvalue weighted by Gasteiger charge is 2.45. The molecule has 0 aromatic carbocycles. The molecule has 2 saturated heterocycles. The van der Waals surface area contributed by atoms with E-state index in [1.807, 2.05) is 18.2 Å². The number of piperidine rings is 1. The molecule has 5 rings (SSSR count). The summed E-state index contributed by atoms with van der Waals surface area (Å²) in [7, 11) is 2.20. The van der Waals surface area contributed by atoms with Crippen LogP contribution in [0.2, 0.25) is 0 Å². The topological polar surface area (TPSA) is 93.9 Å². The maximum absolute atomic E-state index is 9.17. The highest BCUT2D eigenvalue weighted by Crippen LogP contribution is 2.42. The second kappa shape index (κ2) is 7.93. The minimum Gasteiger partial charge on any atom is -0.355 e. The molecular weight excluding hydrogens is 388 g/mol. The zero-order valence-corrected chi connectivity index (χ0v) is 17.5. The second-order valence-electron chi connectivity index (χ2n) is 8.50. The predicted molar refractivity (Wildman–Crippen MR) is 119 cm³/mol. The van der Waals surface area contributed by atoms with Gasteiger partial charge < -0.3 is 15.1 Å². The first-order valence-corrected chi connectivity index (χ1v) is 10.5. The van der Waals surface area contributed by atoms with Gasteiger partial charge in [0.05, 0.1) is 11.6 Å². The molecule has 0 aliphatic carbocycles. The fourth-order valence-electron chi connectivity index (χ4n) is 4.32. The van der Waals surface area contributed by atoms with Crippen LogP contribution in [0.1, 0.15) is 18.4 Å². The Labute approximate surface area is 181 Å². The maximum Gasteiger partial charge on any atom is 0.165 e. The molecule has 1 N–H and O–H groups in total. The standard InChI is InChI=1S/C23H24N8/c1-30-9-5-23(6-10-30)15-31(16-23)21-12-20(27-19-11-17(13-24)4-8-26-19)28-22(29-21)18-3-2-7-25-14-18/h2-4,7-8,11-12,14H,5-6,9-10,15-16H2,1H3,(H,26,27,28,29). The van der Waals surface area contributed by atoms with Crippen LogP contribution >= 0.6 is 0 Å². The van der Waals surface area contributed by atoms with Gasteiger partial charge in [0.25, 0.3) is 0 Å². The smallest absolute Gasteiger partial charge is 0.165 e. The predicted octanol–water partition coefficient (Wildman–Crippen LogP) is 3.08. The highest BCUT2D eigenvalue weighted by molar-refractivity contribution is 5.65. The number of likely N-dealkylation sites (tertiary alicyclic amines) is 1. The first-order valence-electron chi connectivity index (χ1n) is 10.5. The van der Waals surface area contributed by atoms with Crippen molar-refractivity contribution in [3.05, 3.63) is 54.5 Å². The Balaban J connectivity index is 1.44. The van der Waals surface area contributed by atoms with Gasteiger partial charge in [0.15, 0.2) is 5.82 Å². The van der Waals surface area contributed by atoms with E-state index >= 15 is 0 Å². The molecule has 0 atom stereocenters. The molecule has 2 aliphatic rings. The second-order valence-corrected chi connectivity index (χ2v) is 8.50. The molecule has 8 heteroatoms. The minimum absolute atomic E-state index is 0.405. The van der Waals surface area contributed by atoms with E-state index in [9.17, 15) is 0 Å².